The van der Waals surface area contributed by atoms with Crippen LogP contribution in [0.25, 0.3) is 6.08 Å². The van der Waals surface area contributed by atoms with Crippen molar-refractivity contribution in [2.45, 2.75) is 20.1 Å². The third kappa shape index (κ3) is 2.71. The van der Waals surface area contributed by atoms with Gasteiger partial charge in [0.05, 0.1) is 5.69 Å². The van der Waals surface area contributed by atoms with Crippen LogP contribution in [-0.4, -0.2) is 25.5 Å². The molecule has 1 aliphatic rings. The Bertz CT molecular complexity index is 456. The summed E-state index contributed by atoms with van der Waals surface area (Å²) in [7, 11) is 0. The van der Waals surface area contributed by atoms with Crippen molar-refractivity contribution >= 4 is 17.9 Å². The molecule has 96 valence electrons. The van der Waals surface area contributed by atoms with E-state index in [9.17, 15) is 4.79 Å². The Morgan fingerprint density at radius 1 is 1.44 bits per heavy atom. The molecule has 18 heavy (non-hydrogen) atoms. The second kappa shape index (κ2) is 5.69. The summed E-state index contributed by atoms with van der Waals surface area (Å²) in [6.07, 6.45) is 3.04. The first-order valence-corrected chi connectivity index (χ1v) is 6.07. The summed E-state index contributed by atoms with van der Waals surface area (Å²) in [6.45, 7) is 4.62. The van der Waals surface area contributed by atoms with E-state index in [4.69, 9.17) is 9.47 Å². The number of benzene rings is 1. The maximum absolute atomic E-state index is 12.0. The predicted molar refractivity (Wildman–Crippen MR) is 70.4 cm³/mol. The van der Waals surface area contributed by atoms with Crippen LogP contribution < -0.4 is 4.90 Å². The van der Waals surface area contributed by atoms with Gasteiger partial charge in [-0.25, -0.2) is 4.79 Å². The molecule has 4 heteroatoms. The Kier molecular flexibility index (Phi) is 3.99. The molecule has 1 aliphatic heterocycles. The Morgan fingerprint density at radius 3 is 3.00 bits per heavy atom. The van der Waals surface area contributed by atoms with Crippen LogP contribution in [-0.2, 0) is 9.47 Å². The van der Waals surface area contributed by atoms with Crippen LogP contribution in [0.4, 0.5) is 10.5 Å². The molecule has 0 aromatic heterocycles. The molecular weight excluding hydrogens is 230 g/mol. The van der Waals surface area contributed by atoms with E-state index in [2.05, 4.69) is 0 Å². The van der Waals surface area contributed by atoms with Crippen LogP contribution in [0.2, 0.25) is 0 Å². The molecular formula is C14H17NO3. The van der Waals surface area contributed by atoms with Gasteiger partial charge in [0, 0.05) is 13.2 Å². The summed E-state index contributed by atoms with van der Waals surface area (Å²) in [6, 6.07) is 7.73. The molecule has 1 unspecified atom stereocenters. The van der Waals surface area contributed by atoms with Crippen LogP contribution in [0.5, 0.6) is 0 Å². The molecule has 0 bridgehead atoms. The van der Waals surface area contributed by atoms with Crippen molar-refractivity contribution < 1.29 is 14.3 Å². The van der Waals surface area contributed by atoms with Gasteiger partial charge in [-0.05, 0) is 25.5 Å². The van der Waals surface area contributed by atoms with E-state index < -0.39 is 6.29 Å². The fourth-order valence-corrected chi connectivity index (χ4v) is 1.90. The molecule has 1 atom stereocenters. The molecule has 0 saturated heterocycles. The van der Waals surface area contributed by atoms with Crippen LogP contribution in [0.15, 0.2) is 30.3 Å². The molecule has 4 nitrogen and oxygen atoms in total. The van der Waals surface area contributed by atoms with Gasteiger partial charge in [-0.1, -0.05) is 30.4 Å². The van der Waals surface area contributed by atoms with Gasteiger partial charge in [0.15, 0.2) is 0 Å². The van der Waals surface area contributed by atoms with E-state index in [1.807, 2.05) is 43.3 Å². The molecule has 0 spiro atoms. The highest BCUT2D eigenvalue weighted by atomic mass is 16.7. The van der Waals surface area contributed by atoms with Crippen LogP contribution in [0.3, 0.4) is 0 Å². The van der Waals surface area contributed by atoms with Gasteiger partial charge >= 0.3 is 6.09 Å². The van der Waals surface area contributed by atoms with Crippen molar-refractivity contribution in [2.75, 3.05) is 18.1 Å². The molecule has 1 amide bonds. The maximum Gasteiger partial charge on any atom is 0.416 e. The molecule has 0 N–H and O–H groups in total. The van der Waals surface area contributed by atoms with Gasteiger partial charge in [0.25, 0.3) is 0 Å². The van der Waals surface area contributed by atoms with E-state index in [0.717, 1.165) is 11.3 Å². The SMILES string of the molecule is CCOC(C)OC(=O)N1CC=Cc2ccccc21. The standard InChI is InChI=1S/C14H17NO3/c1-3-17-11(2)18-14(16)15-10-6-8-12-7-4-5-9-13(12)15/h4-9,11H,3,10H2,1-2H3. The Labute approximate surface area is 107 Å². The van der Waals surface area contributed by atoms with Gasteiger partial charge in [-0.2, -0.15) is 0 Å². The van der Waals surface area contributed by atoms with Gasteiger partial charge in [0.1, 0.15) is 0 Å². The number of fused-ring (bicyclic) bond motifs is 1. The lowest BCUT2D eigenvalue weighted by Gasteiger charge is -2.26. The molecule has 0 fully saturated rings. The molecule has 0 radical (unpaired) electrons. The van der Waals surface area contributed by atoms with Gasteiger partial charge < -0.3 is 9.47 Å². The fourth-order valence-electron chi connectivity index (χ4n) is 1.90. The van der Waals surface area contributed by atoms with Crippen LogP contribution in [0.1, 0.15) is 19.4 Å². The maximum atomic E-state index is 12.0. The summed E-state index contributed by atoms with van der Waals surface area (Å²) < 4.78 is 10.4. The topological polar surface area (TPSA) is 38.8 Å². The predicted octanol–water partition coefficient (Wildman–Crippen LogP) is 3.04. The van der Waals surface area contributed by atoms with E-state index >= 15 is 0 Å². The van der Waals surface area contributed by atoms with E-state index in [0.29, 0.717) is 13.2 Å². The second-order valence-electron chi connectivity index (χ2n) is 3.98. The zero-order chi connectivity index (χ0) is 13.0. The molecule has 1 heterocycles. The monoisotopic (exact) mass is 247 g/mol. The second-order valence-corrected chi connectivity index (χ2v) is 3.98. The number of amides is 1. The minimum atomic E-state index is -0.527. The average Bonchev–Trinajstić information content (AvgIpc) is 2.38. The zero-order valence-electron chi connectivity index (χ0n) is 10.6. The van der Waals surface area contributed by atoms with Gasteiger partial charge in [0.2, 0.25) is 6.29 Å². The third-order valence-corrected chi connectivity index (χ3v) is 2.70. The largest absolute Gasteiger partial charge is 0.420 e. The smallest absolute Gasteiger partial charge is 0.416 e. The number of ether oxygens (including phenoxy) is 2. The van der Waals surface area contributed by atoms with Crippen molar-refractivity contribution in [1.82, 2.24) is 0 Å². The lowest BCUT2D eigenvalue weighted by molar-refractivity contribution is -0.0845. The summed E-state index contributed by atoms with van der Waals surface area (Å²) in [5.74, 6) is 0. The highest BCUT2D eigenvalue weighted by Crippen LogP contribution is 2.26. The first-order chi connectivity index (χ1) is 8.72. The summed E-state index contributed by atoms with van der Waals surface area (Å²) >= 11 is 0. The molecule has 2 rings (SSSR count). The minimum absolute atomic E-state index is 0.382. The Balaban J connectivity index is 2.10. The van der Waals surface area contributed by atoms with Crippen molar-refractivity contribution in [1.29, 1.82) is 0 Å². The summed E-state index contributed by atoms with van der Waals surface area (Å²) in [5, 5.41) is 0. The first-order valence-electron chi connectivity index (χ1n) is 6.07. The molecule has 0 aliphatic carbocycles. The van der Waals surface area contributed by atoms with E-state index in [-0.39, 0.29) is 6.09 Å². The van der Waals surface area contributed by atoms with Crippen molar-refractivity contribution in [2.24, 2.45) is 0 Å². The average molecular weight is 247 g/mol. The Morgan fingerprint density at radius 2 is 2.22 bits per heavy atom. The van der Waals surface area contributed by atoms with Crippen molar-refractivity contribution in [3.05, 3.63) is 35.9 Å². The summed E-state index contributed by atoms with van der Waals surface area (Å²) in [4.78, 5) is 13.6. The third-order valence-electron chi connectivity index (χ3n) is 2.70. The number of hydrogen-bond acceptors (Lipinski definition) is 3. The number of carbonyl (C=O) groups excluding carboxylic acids is 1. The number of para-hydroxylation sites is 1. The zero-order valence-corrected chi connectivity index (χ0v) is 10.6. The van der Waals surface area contributed by atoms with E-state index in [1.54, 1.807) is 11.8 Å². The number of carbonyl (C=O) groups is 1. The van der Waals surface area contributed by atoms with Crippen molar-refractivity contribution in [3.8, 4) is 0 Å². The lowest BCUT2D eigenvalue weighted by Crippen LogP contribution is -2.36. The molecule has 1 aromatic carbocycles. The molecule has 0 saturated carbocycles. The summed E-state index contributed by atoms with van der Waals surface area (Å²) in [5.41, 5.74) is 1.89. The number of hydrogen-bond donors (Lipinski definition) is 0. The van der Waals surface area contributed by atoms with Crippen LogP contribution in [0, 0.1) is 0 Å². The van der Waals surface area contributed by atoms with E-state index in [1.165, 1.54) is 0 Å². The Hall–Kier alpha value is -1.81. The first kappa shape index (κ1) is 12.6. The minimum Gasteiger partial charge on any atom is -0.420 e. The van der Waals surface area contributed by atoms with Gasteiger partial charge in [-0.15, -0.1) is 0 Å². The normalized spacial score (nSPS) is 15.1. The number of rotatable bonds is 3. The highest BCUT2D eigenvalue weighted by Gasteiger charge is 2.22. The quantitative estimate of drug-likeness (QED) is 0.771. The number of nitrogens with zero attached hydrogens (tertiary/aromatic N) is 1. The lowest BCUT2D eigenvalue weighted by atomic mass is 10.1. The highest BCUT2D eigenvalue weighted by molar-refractivity contribution is 5.92. The number of anilines is 1. The molecule has 1 aromatic rings. The van der Waals surface area contributed by atoms with Gasteiger partial charge in [-0.3, -0.25) is 4.90 Å². The van der Waals surface area contributed by atoms with Crippen LogP contribution >= 0.6 is 0 Å². The van der Waals surface area contributed by atoms with Crippen molar-refractivity contribution in [3.63, 3.8) is 0 Å². The fraction of sp³-hybridized carbons (Fsp3) is 0.357.